The first-order valence-electron chi connectivity index (χ1n) is 5.20. The Hall–Kier alpha value is -1.45. The normalized spacial score (nSPS) is 15.9. The lowest BCUT2D eigenvalue weighted by Crippen LogP contribution is -2.62. The van der Waals surface area contributed by atoms with Crippen LogP contribution in [0.5, 0.6) is 0 Å². The minimum absolute atomic E-state index is 0.681. The van der Waals surface area contributed by atoms with Crippen molar-refractivity contribution >= 4 is 0 Å². The van der Waals surface area contributed by atoms with Crippen molar-refractivity contribution in [2.75, 3.05) is 0 Å². The molecule has 120 valence electrons. The fourth-order valence-electron chi connectivity index (χ4n) is 1.40. The minimum atomic E-state index is -7.01. The first-order valence-corrected chi connectivity index (χ1v) is 5.20. The van der Waals surface area contributed by atoms with Crippen LogP contribution in [0.15, 0.2) is 30.3 Å². The van der Waals surface area contributed by atoms with E-state index in [4.69, 9.17) is 5.11 Å². The van der Waals surface area contributed by atoms with Crippen molar-refractivity contribution in [3.8, 4) is 0 Å². The molecule has 0 aliphatic rings. The summed E-state index contributed by atoms with van der Waals surface area (Å²) in [6, 6.07) is 4.61. The van der Waals surface area contributed by atoms with Gasteiger partial charge >= 0.3 is 23.9 Å². The largest absolute Gasteiger partial charge is 0.460 e. The average Bonchev–Trinajstić information content (AvgIpc) is 2.37. The molecule has 1 aromatic carbocycles. The van der Waals surface area contributed by atoms with Gasteiger partial charge < -0.3 is 5.11 Å². The van der Waals surface area contributed by atoms with Crippen LogP contribution in [0.2, 0.25) is 0 Å². The third-order valence-electron chi connectivity index (χ3n) is 2.63. The molecule has 1 N–H and O–H groups in total. The van der Waals surface area contributed by atoms with Crippen molar-refractivity contribution in [2.24, 2.45) is 0 Å². The van der Waals surface area contributed by atoms with Crippen LogP contribution in [0.25, 0.3) is 0 Å². The Bertz CT molecular complexity index is 480. The predicted molar refractivity (Wildman–Crippen MR) is 52.3 cm³/mol. The summed E-state index contributed by atoms with van der Waals surface area (Å²) in [7, 11) is 0. The van der Waals surface area contributed by atoms with Gasteiger partial charge in [-0.05, 0) is 5.56 Å². The van der Waals surface area contributed by atoms with E-state index in [1.165, 1.54) is 6.07 Å². The summed E-state index contributed by atoms with van der Waals surface area (Å²) in [6.07, 6.45) is -10.4. The van der Waals surface area contributed by atoms with Crippen LogP contribution >= 0.6 is 0 Å². The molecular weight excluding hydrogens is 319 g/mol. The highest BCUT2D eigenvalue weighted by Gasteiger charge is 2.83. The average molecular weight is 326 g/mol. The second-order valence-electron chi connectivity index (χ2n) is 4.08. The highest BCUT2D eigenvalue weighted by atomic mass is 19.4. The third-order valence-corrected chi connectivity index (χ3v) is 2.63. The molecule has 0 radical (unpaired) electrons. The number of halogens is 9. The Morgan fingerprint density at radius 3 is 1.52 bits per heavy atom. The van der Waals surface area contributed by atoms with Crippen LogP contribution in [-0.2, 0) is 0 Å². The maximum atomic E-state index is 13.3. The standard InChI is InChI=1S/C11H7F9O/c12-8(13,7(21)6-4-2-1-3-5-6)9(14,15)10(16,17)11(18,19)20/h1-5,7,21H/t7-/m0/s1. The molecule has 1 nitrogen and oxygen atoms in total. The zero-order valence-corrected chi connectivity index (χ0v) is 9.81. The number of benzene rings is 1. The van der Waals surface area contributed by atoms with E-state index in [9.17, 15) is 39.5 Å². The summed E-state index contributed by atoms with van der Waals surface area (Å²) in [4.78, 5) is 0. The molecule has 0 spiro atoms. The molecule has 0 heterocycles. The highest BCUT2D eigenvalue weighted by molar-refractivity contribution is 5.21. The molecular formula is C11H7F9O. The van der Waals surface area contributed by atoms with Gasteiger partial charge in [-0.1, -0.05) is 30.3 Å². The van der Waals surface area contributed by atoms with Crippen molar-refractivity contribution in [2.45, 2.75) is 30.0 Å². The third kappa shape index (κ3) is 2.68. The lowest BCUT2D eigenvalue weighted by atomic mass is 9.94. The number of alkyl halides is 9. The van der Waals surface area contributed by atoms with E-state index in [1.54, 1.807) is 0 Å². The van der Waals surface area contributed by atoms with Crippen molar-refractivity contribution in [1.29, 1.82) is 0 Å². The van der Waals surface area contributed by atoms with Crippen LogP contribution in [0.1, 0.15) is 11.7 Å². The molecule has 1 rings (SSSR count). The van der Waals surface area contributed by atoms with Crippen LogP contribution in [-0.4, -0.2) is 29.1 Å². The monoisotopic (exact) mass is 326 g/mol. The zero-order chi connectivity index (χ0) is 16.7. The molecule has 0 aliphatic carbocycles. The molecule has 0 unspecified atom stereocenters. The molecule has 0 bridgehead atoms. The van der Waals surface area contributed by atoms with E-state index in [0.717, 1.165) is 12.1 Å². The van der Waals surface area contributed by atoms with Crippen molar-refractivity contribution in [3.63, 3.8) is 0 Å². The SMILES string of the molecule is O[C@@H](c1ccccc1)C(F)(F)C(F)(F)C(F)(F)C(F)(F)F. The van der Waals surface area contributed by atoms with E-state index in [-0.39, 0.29) is 0 Å². The summed E-state index contributed by atoms with van der Waals surface area (Å²) in [5.41, 5.74) is -0.930. The Labute approximate surface area is 112 Å². The predicted octanol–water partition coefficient (Wildman–Crippen LogP) is 4.19. The number of aliphatic hydroxyl groups is 1. The van der Waals surface area contributed by atoms with E-state index in [1.807, 2.05) is 0 Å². The fourth-order valence-corrected chi connectivity index (χ4v) is 1.40. The molecule has 1 aromatic rings. The van der Waals surface area contributed by atoms with Gasteiger partial charge in [-0.15, -0.1) is 0 Å². The Morgan fingerprint density at radius 1 is 0.714 bits per heavy atom. The van der Waals surface area contributed by atoms with Gasteiger partial charge in [0, 0.05) is 0 Å². The van der Waals surface area contributed by atoms with Gasteiger partial charge in [-0.25, -0.2) is 0 Å². The van der Waals surface area contributed by atoms with Crippen LogP contribution in [0.4, 0.5) is 39.5 Å². The Morgan fingerprint density at radius 2 is 1.14 bits per heavy atom. The Balaban J connectivity index is 3.28. The van der Waals surface area contributed by atoms with Crippen LogP contribution < -0.4 is 0 Å². The summed E-state index contributed by atoms with van der Waals surface area (Å²) in [6.45, 7) is 0. The van der Waals surface area contributed by atoms with Gasteiger partial charge in [0.25, 0.3) is 0 Å². The summed E-state index contributed by atoms with van der Waals surface area (Å²) in [5.74, 6) is -19.9. The topological polar surface area (TPSA) is 20.2 Å². The maximum Gasteiger partial charge on any atom is 0.460 e. The number of rotatable bonds is 4. The number of aliphatic hydroxyl groups excluding tert-OH is 1. The smallest absolute Gasteiger partial charge is 0.382 e. The number of hydrogen-bond acceptors (Lipinski definition) is 1. The molecule has 1 atom stereocenters. The highest BCUT2D eigenvalue weighted by Crippen LogP contribution is 2.56. The molecule has 0 saturated carbocycles. The van der Waals surface area contributed by atoms with Crippen molar-refractivity contribution < 1.29 is 44.6 Å². The zero-order valence-electron chi connectivity index (χ0n) is 9.81. The molecule has 0 fully saturated rings. The van der Waals surface area contributed by atoms with E-state index in [0.29, 0.717) is 12.1 Å². The first kappa shape index (κ1) is 17.6. The molecule has 0 aromatic heterocycles. The Kier molecular flexibility index (Phi) is 4.25. The fraction of sp³-hybridized carbons (Fsp3) is 0.455. The van der Waals surface area contributed by atoms with Gasteiger partial charge in [-0.3, -0.25) is 0 Å². The van der Waals surface area contributed by atoms with Crippen LogP contribution in [0, 0.1) is 0 Å². The first-order chi connectivity index (χ1) is 9.27. The quantitative estimate of drug-likeness (QED) is 0.823. The molecule has 0 amide bonds. The molecule has 10 heteroatoms. The summed E-state index contributed by atoms with van der Waals surface area (Å²) < 4.78 is 114. The van der Waals surface area contributed by atoms with Gasteiger partial charge in [0.2, 0.25) is 0 Å². The second kappa shape index (κ2) is 5.08. The number of hydrogen-bond donors (Lipinski definition) is 1. The van der Waals surface area contributed by atoms with E-state index >= 15 is 0 Å². The summed E-state index contributed by atoms with van der Waals surface area (Å²) >= 11 is 0. The van der Waals surface area contributed by atoms with E-state index < -0.39 is 35.6 Å². The molecule has 0 aliphatic heterocycles. The van der Waals surface area contributed by atoms with E-state index in [2.05, 4.69) is 0 Å². The van der Waals surface area contributed by atoms with Gasteiger partial charge in [-0.2, -0.15) is 39.5 Å². The summed E-state index contributed by atoms with van der Waals surface area (Å²) in [5, 5.41) is 9.08. The molecule has 21 heavy (non-hydrogen) atoms. The maximum absolute atomic E-state index is 13.3. The van der Waals surface area contributed by atoms with Gasteiger partial charge in [0.15, 0.2) is 0 Å². The van der Waals surface area contributed by atoms with Gasteiger partial charge in [0.05, 0.1) is 0 Å². The minimum Gasteiger partial charge on any atom is -0.382 e. The lowest BCUT2D eigenvalue weighted by Gasteiger charge is -2.35. The molecule has 0 saturated heterocycles. The van der Waals surface area contributed by atoms with Crippen molar-refractivity contribution in [3.05, 3.63) is 35.9 Å². The van der Waals surface area contributed by atoms with Gasteiger partial charge in [0.1, 0.15) is 6.10 Å². The lowest BCUT2D eigenvalue weighted by molar-refractivity contribution is -0.406. The van der Waals surface area contributed by atoms with Crippen LogP contribution in [0.3, 0.4) is 0 Å². The second-order valence-corrected chi connectivity index (χ2v) is 4.08. The van der Waals surface area contributed by atoms with Crippen molar-refractivity contribution in [1.82, 2.24) is 0 Å².